The molecular formula is C14H13Cl2F3N2. The average molecular weight is 337 g/mol. The van der Waals surface area contributed by atoms with Gasteiger partial charge in [0.15, 0.2) is 0 Å². The summed E-state index contributed by atoms with van der Waals surface area (Å²) in [5.74, 6) is 0. The van der Waals surface area contributed by atoms with E-state index in [0.29, 0.717) is 22.6 Å². The molecule has 0 saturated heterocycles. The molecule has 0 bridgehead atoms. The van der Waals surface area contributed by atoms with Crippen molar-refractivity contribution >= 4 is 39.8 Å². The molecule has 0 unspecified atom stereocenters. The van der Waals surface area contributed by atoms with Crippen molar-refractivity contribution in [2.75, 3.05) is 11.9 Å². The zero-order valence-electron chi connectivity index (χ0n) is 11.4. The van der Waals surface area contributed by atoms with Gasteiger partial charge in [0, 0.05) is 17.5 Å². The predicted molar refractivity (Wildman–Crippen MR) is 80.3 cm³/mol. The Bertz CT molecular complexity index is 684. The molecule has 0 radical (unpaired) electrons. The van der Waals surface area contributed by atoms with E-state index < -0.39 is 11.9 Å². The Labute approximate surface area is 130 Å². The van der Waals surface area contributed by atoms with Gasteiger partial charge in [-0.25, -0.2) is 4.98 Å². The van der Waals surface area contributed by atoms with Crippen molar-refractivity contribution < 1.29 is 13.2 Å². The number of hydrogen-bond donors (Lipinski definition) is 1. The highest BCUT2D eigenvalue weighted by Crippen LogP contribution is 2.41. The molecule has 1 aromatic carbocycles. The zero-order valence-corrected chi connectivity index (χ0v) is 12.9. The molecule has 0 aliphatic rings. The molecule has 7 heteroatoms. The molecule has 0 atom stereocenters. The number of halogens is 5. The van der Waals surface area contributed by atoms with Gasteiger partial charge in [-0.1, -0.05) is 30.1 Å². The Hall–Kier alpha value is -1.20. The second kappa shape index (κ2) is 5.89. The molecule has 114 valence electrons. The summed E-state index contributed by atoms with van der Waals surface area (Å²) in [5.41, 5.74) is -0.534. The fourth-order valence-corrected chi connectivity index (χ4v) is 2.58. The summed E-state index contributed by atoms with van der Waals surface area (Å²) in [7, 11) is 0. The summed E-state index contributed by atoms with van der Waals surface area (Å²) in [4.78, 5) is 3.69. The topological polar surface area (TPSA) is 24.9 Å². The van der Waals surface area contributed by atoms with Crippen LogP contribution in [0.1, 0.15) is 24.6 Å². The molecule has 0 amide bonds. The molecule has 2 rings (SSSR count). The third-order valence-corrected chi connectivity index (χ3v) is 3.72. The summed E-state index contributed by atoms with van der Waals surface area (Å²) < 4.78 is 39.4. The number of nitrogens with one attached hydrogen (secondary N) is 1. The van der Waals surface area contributed by atoms with Crippen LogP contribution in [0.4, 0.5) is 18.9 Å². The van der Waals surface area contributed by atoms with E-state index in [1.54, 1.807) is 6.07 Å². The molecule has 2 aromatic rings. The van der Waals surface area contributed by atoms with Crippen molar-refractivity contribution in [1.82, 2.24) is 4.98 Å². The van der Waals surface area contributed by atoms with Crippen LogP contribution in [-0.2, 0) is 6.18 Å². The van der Waals surface area contributed by atoms with E-state index in [9.17, 15) is 13.2 Å². The van der Waals surface area contributed by atoms with E-state index >= 15 is 0 Å². The van der Waals surface area contributed by atoms with Gasteiger partial charge in [0.05, 0.1) is 21.2 Å². The first kappa shape index (κ1) is 16.2. The second-order valence-corrected chi connectivity index (χ2v) is 5.45. The highest BCUT2D eigenvalue weighted by atomic mass is 35.5. The van der Waals surface area contributed by atoms with Crippen LogP contribution in [0.15, 0.2) is 12.1 Å². The first-order chi connectivity index (χ1) is 9.77. The van der Waals surface area contributed by atoms with Crippen LogP contribution in [0.25, 0.3) is 10.9 Å². The number of anilines is 1. The highest BCUT2D eigenvalue weighted by molar-refractivity contribution is 6.41. The first-order valence-electron chi connectivity index (χ1n) is 6.36. The molecule has 1 heterocycles. The Kier molecular flexibility index (Phi) is 4.54. The Morgan fingerprint density at radius 1 is 1.19 bits per heavy atom. The van der Waals surface area contributed by atoms with Crippen LogP contribution >= 0.6 is 23.2 Å². The van der Waals surface area contributed by atoms with Crippen LogP contribution in [0, 0.1) is 6.92 Å². The van der Waals surface area contributed by atoms with E-state index in [0.717, 1.165) is 6.42 Å². The molecule has 21 heavy (non-hydrogen) atoms. The Morgan fingerprint density at radius 2 is 1.81 bits per heavy atom. The summed E-state index contributed by atoms with van der Waals surface area (Å²) in [5, 5.41) is 3.88. The third-order valence-electron chi connectivity index (χ3n) is 3.10. The normalized spacial score (nSPS) is 12.0. The molecule has 0 fully saturated rings. The lowest BCUT2D eigenvalue weighted by Gasteiger charge is -2.18. The molecule has 0 aliphatic heterocycles. The van der Waals surface area contributed by atoms with Gasteiger partial charge < -0.3 is 5.32 Å². The smallest absolute Gasteiger partial charge is 0.384 e. The third kappa shape index (κ3) is 3.04. The Balaban J connectivity index is 2.86. The van der Waals surface area contributed by atoms with Gasteiger partial charge in [-0.3, -0.25) is 0 Å². The van der Waals surface area contributed by atoms with E-state index in [-0.39, 0.29) is 16.1 Å². The number of rotatable bonds is 3. The predicted octanol–water partition coefficient (Wildman–Crippen LogP) is 5.69. The van der Waals surface area contributed by atoms with Crippen molar-refractivity contribution in [3.63, 3.8) is 0 Å². The van der Waals surface area contributed by atoms with E-state index in [1.807, 2.05) is 6.92 Å². The van der Waals surface area contributed by atoms with Crippen LogP contribution in [0.5, 0.6) is 0 Å². The van der Waals surface area contributed by atoms with Crippen molar-refractivity contribution in [2.45, 2.75) is 26.4 Å². The summed E-state index contributed by atoms with van der Waals surface area (Å²) >= 11 is 12.1. The lowest BCUT2D eigenvalue weighted by molar-refractivity contribution is -0.141. The number of nitrogens with zero attached hydrogens (tertiary/aromatic N) is 1. The number of fused-ring (bicyclic) bond motifs is 1. The number of pyridine rings is 1. The van der Waals surface area contributed by atoms with Gasteiger partial charge in [-0.2, -0.15) is 13.2 Å². The van der Waals surface area contributed by atoms with Crippen molar-refractivity contribution in [1.29, 1.82) is 0 Å². The first-order valence-corrected chi connectivity index (χ1v) is 7.12. The maximum absolute atomic E-state index is 13.1. The number of aromatic nitrogens is 1. The minimum atomic E-state index is -4.55. The molecule has 0 saturated carbocycles. The molecule has 2 nitrogen and oxygen atoms in total. The summed E-state index contributed by atoms with van der Waals surface area (Å²) in [6.45, 7) is 3.83. The monoisotopic (exact) mass is 336 g/mol. The quantitative estimate of drug-likeness (QED) is 0.778. The maximum Gasteiger partial charge on any atom is 0.433 e. The number of hydrogen-bond acceptors (Lipinski definition) is 2. The number of alkyl halides is 3. The average Bonchev–Trinajstić information content (AvgIpc) is 2.40. The van der Waals surface area contributed by atoms with E-state index in [1.165, 1.54) is 13.0 Å². The molecular weight excluding hydrogens is 324 g/mol. The van der Waals surface area contributed by atoms with Crippen LogP contribution in [0.3, 0.4) is 0 Å². The summed E-state index contributed by atoms with van der Waals surface area (Å²) in [6, 6.07) is 3.00. The van der Waals surface area contributed by atoms with Gasteiger partial charge >= 0.3 is 6.18 Å². The molecule has 0 spiro atoms. The lowest BCUT2D eigenvalue weighted by atomic mass is 10.1. The summed E-state index contributed by atoms with van der Waals surface area (Å²) in [6.07, 6.45) is -3.78. The fraction of sp³-hybridized carbons (Fsp3) is 0.357. The van der Waals surface area contributed by atoms with Crippen LogP contribution in [-0.4, -0.2) is 11.5 Å². The van der Waals surface area contributed by atoms with Crippen molar-refractivity contribution in [2.24, 2.45) is 0 Å². The lowest BCUT2D eigenvalue weighted by Crippen LogP contribution is -2.14. The van der Waals surface area contributed by atoms with Crippen LogP contribution in [0.2, 0.25) is 10.0 Å². The van der Waals surface area contributed by atoms with Gasteiger partial charge in [-0.15, -0.1) is 0 Å². The molecule has 1 aromatic heterocycles. The Morgan fingerprint density at radius 3 is 2.38 bits per heavy atom. The standard InChI is InChI=1S/C14H13Cl2F3N2/c1-3-6-20-11-7(2)13(14(17,18)19)21-12-9(16)5-4-8(15)10(11)12/h4-5H,3,6H2,1-2H3,(H,20,21). The van der Waals surface area contributed by atoms with Crippen molar-refractivity contribution in [3.05, 3.63) is 33.4 Å². The second-order valence-electron chi connectivity index (χ2n) is 4.64. The minimum Gasteiger partial charge on any atom is -0.384 e. The van der Waals surface area contributed by atoms with Gasteiger partial charge in [0.1, 0.15) is 5.69 Å². The minimum absolute atomic E-state index is 0.0209. The van der Waals surface area contributed by atoms with Crippen molar-refractivity contribution in [3.8, 4) is 0 Å². The van der Waals surface area contributed by atoms with Gasteiger partial charge in [0.25, 0.3) is 0 Å². The highest BCUT2D eigenvalue weighted by Gasteiger charge is 2.36. The van der Waals surface area contributed by atoms with Gasteiger partial charge in [0.2, 0.25) is 0 Å². The zero-order chi connectivity index (χ0) is 15.8. The number of benzene rings is 1. The largest absolute Gasteiger partial charge is 0.433 e. The van der Waals surface area contributed by atoms with E-state index in [4.69, 9.17) is 23.2 Å². The maximum atomic E-state index is 13.1. The molecule has 0 aliphatic carbocycles. The van der Waals surface area contributed by atoms with Gasteiger partial charge in [-0.05, 0) is 25.5 Å². The van der Waals surface area contributed by atoms with Crippen LogP contribution < -0.4 is 5.32 Å². The molecule has 1 N–H and O–H groups in total. The van der Waals surface area contributed by atoms with E-state index in [2.05, 4.69) is 10.3 Å². The SMILES string of the molecule is CCCNc1c(C)c(C(F)(F)F)nc2c(Cl)ccc(Cl)c12. The fourth-order valence-electron chi connectivity index (χ4n) is 2.14.